The normalized spacial score (nSPS) is 21.3. The van der Waals surface area contributed by atoms with E-state index >= 15 is 0 Å². The summed E-state index contributed by atoms with van der Waals surface area (Å²) in [5, 5.41) is 25.5. The van der Waals surface area contributed by atoms with Crippen molar-refractivity contribution in [1.82, 2.24) is 16.0 Å². The molecule has 0 aromatic heterocycles. The molecule has 1 aromatic carbocycles. The smallest absolute Gasteiger partial charge is 0.258 e. The molecule has 1 saturated heterocycles. The second-order valence-electron chi connectivity index (χ2n) is 8.17. The van der Waals surface area contributed by atoms with E-state index in [0.717, 1.165) is 24.1 Å². The maximum atomic E-state index is 12.8. The third kappa shape index (κ3) is 4.83. The van der Waals surface area contributed by atoms with Gasteiger partial charge in [-0.2, -0.15) is 5.26 Å². The molecule has 0 saturated carbocycles. The Morgan fingerprint density at radius 3 is 2.78 bits per heavy atom. The van der Waals surface area contributed by atoms with Gasteiger partial charge in [0.2, 0.25) is 0 Å². The van der Waals surface area contributed by atoms with E-state index < -0.39 is 0 Å². The van der Waals surface area contributed by atoms with Crippen molar-refractivity contribution in [3.05, 3.63) is 81.9 Å². The first-order chi connectivity index (χ1) is 15.4. The van der Waals surface area contributed by atoms with Crippen molar-refractivity contribution in [2.24, 2.45) is 5.92 Å². The van der Waals surface area contributed by atoms with E-state index in [1.807, 2.05) is 13.0 Å². The molecule has 0 bridgehead atoms. The molecule has 1 aliphatic heterocycles. The van der Waals surface area contributed by atoms with Gasteiger partial charge in [-0.3, -0.25) is 10.2 Å². The van der Waals surface area contributed by atoms with Gasteiger partial charge in [0.1, 0.15) is 12.4 Å². The summed E-state index contributed by atoms with van der Waals surface area (Å²) in [7, 11) is 0. The van der Waals surface area contributed by atoms with Gasteiger partial charge >= 0.3 is 0 Å². The Morgan fingerprint density at radius 2 is 2.09 bits per heavy atom. The molecule has 0 spiro atoms. The SMILES string of the molecule is CCc1ccc(C)c(C2C=C3C(=CC2CC)NC(=O)/C3=C(/C)NC(=N)/C=C\NCC#N)c1. The highest BCUT2D eigenvalue weighted by atomic mass is 16.2. The summed E-state index contributed by atoms with van der Waals surface area (Å²) in [6.07, 6.45) is 9.44. The first-order valence-corrected chi connectivity index (χ1v) is 11.1. The highest BCUT2D eigenvalue weighted by molar-refractivity contribution is 6.06. The molecular formula is C26H31N5O. The Balaban J connectivity index is 1.96. The standard InChI is InChI=1S/C26H31N5O/c1-5-18-8-7-16(3)20(13-18)21-15-22-23(14-19(21)6-2)31-26(32)25(22)17(4)30-24(28)9-11-29-12-10-27/h7-9,11,13-15,19,21,29H,5-6,12H2,1-4H3,(H2,28,30)(H,31,32)/b11-9-,25-17-. The zero-order chi connectivity index (χ0) is 23.3. The maximum absolute atomic E-state index is 12.8. The first kappa shape index (κ1) is 23.1. The molecule has 1 heterocycles. The highest BCUT2D eigenvalue weighted by Crippen LogP contribution is 2.42. The summed E-state index contributed by atoms with van der Waals surface area (Å²) < 4.78 is 0. The van der Waals surface area contributed by atoms with Crippen LogP contribution in [0, 0.1) is 29.6 Å². The second-order valence-corrected chi connectivity index (χ2v) is 8.17. The van der Waals surface area contributed by atoms with E-state index in [1.54, 1.807) is 6.20 Å². The average molecular weight is 430 g/mol. The summed E-state index contributed by atoms with van der Waals surface area (Å²) in [5.41, 5.74) is 6.83. The lowest BCUT2D eigenvalue weighted by atomic mass is 9.76. The monoisotopic (exact) mass is 429 g/mol. The second kappa shape index (κ2) is 10.1. The van der Waals surface area contributed by atoms with Crippen LogP contribution in [0.5, 0.6) is 0 Å². The molecule has 2 atom stereocenters. The minimum atomic E-state index is -0.151. The van der Waals surface area contributed by atoms with Gasteiger partial charge in [-0.15, -0.1) is 0 Å². The summed E-state index contributed by atoms with van der Waals surface area (Å²) in [5.74, 6) is 0.480. The van der Waals surface area contributed by atoms with Gasteiger partial charge in [0.05, 0.1) is 11.6 Å². The van der Waals surface area contributed by atoms with E-state index in [9.17, 15) is 4.79 Å². The Kier molecular flexibility index (Phi) is 7.32. The number of hydrogen-bond donors (Lipinski definition) is 4. The molecule has 6 heteroatoms. The Bertz CT molecular complexity index is 1080. The van der Waals surface area contributed by atoms with Gasteiger partial charge in [0.15, 0.2) is 0 Å². The van der Waals surface area contributed by atoms with E-state index in [-0.39, 0.29) is 24.2 Å². The number of amides is 1. The molecule has 3 rings (SSSR count). The number of carbonyl (C=O) groups excluding carboxylic acids is 1. The number of amidine groups is 1. The lowest BCUT2D eigenvalue weighted by Gasteiger charge is -2.28. The highest BCUT2D eigenvalue weighted by Gasteiger charge is 2.35. The van der Waals surface area contributed by atoms with Crippen molar-refractivity contribution in [3.63, 3.8) is 0 Å². The molecule has 2 aliphatic rings. The van der Waals surface area contributed by atoms with Crippen LogP contribution in [0.2, 0.25) is 0 Å². The number of fused-ring (bicyclic) bond motifs is 1. The third-order valence-corrected chi connectivity index (χ3v) is 6.05. The number of carbonyl (C=O) groups is 1. The van der Waals surface area contributed by atoms with Crippen LogP contribution in [-0.4, -0.2) is 18.3 Å². The molecule has 1 aliphatic carbocycles. The van der Waals surface area contributed by atoms with Crippen molar-refractivity contribution in [2.45, 2.75) is 46.5 Å². The predicted molar refractivity (Wildman–Crippen MR) is 128 cm³/mol. The van der Waals surface area contributed by atoms with Gasteiger partial charge in [0.25, 0.3) is 5.91 Å². The molecule has 6 nitrogen and oxygen atoms in total. The van der Waals surface area contributed by atoms with Gasteiger partial charge in [-0.25, -0.2) is 0 Å². The van der Waals surface area contributed by atoms with Crippen molar-refractivity contribution in [1.29, 1.82) is 10.7 Å². The van der Waals surface area contributed by atoms with Gasteiger partial charge in [0, 0.05) is 29.1 Å². The minimum absolute atomic E-state index is 0.136. The molecular weight excluding hydrogens is 398 g/mol. The number of hydrogen-bond acceptors (Lipinski definition) is 4. The largest absolute Gasteiger partial charge is 0.378 e. The van der Waals surface area contributed by atoms with Crippen LogP contribution in [0.25, 0.3) is 0 Å². The fourth-order valence-electron chi connectivity index (χ4n) is 4.32. The lowest BCUT2D eigenvalue weighted by Crippen LogP contribution is -2.23. The molecule has 1 aromatic rings. The molecule has 32 heavy (non-hydrogen) atoms. The average Bonchev–Trinajstić information content (AvgIpc) is 3.10. The van der Waals surface area contributed by atoms with Crippen molar-refractivity contribution >= 4 is 11.7 Å². The molecule has 1 fully saturated rings. The molecule has 1 amide bonds. The number of nitrogens with one attached hydrogen (secondary N) is 4. The number of nitriles is 1. The van der Waals surface area contributed by atoms with Crippen LogP contribution >= 0.6 is 0 Å². The van der Waals surface area contributed by atoms with E-state index in [0.29, 0.717) is 17.2 Å². The molecule has 0 radical (unpaired) electrons. The maximum Gasteiger partial charge on any atom is 0.258 e. The predicted octanol–water partition coefficient (Wildman–Crippen LogP) is 4.09. The Morgan fingerprint density at radius 1 is 1.31 bits per heavy atom. The van der Waals surface area contributed by atoms with Crippen LogP contribution in [0.4, 0.5) is 0 Å². The fourth-order valence-corrected chi connectivity index (χ4v) is 4.32. The number of allylic oxidation sites excluding steroid dienone is 4. The van der Waals surface area contributed by atoms with Crippen molar-refractivity contribution in [2.75, 3.05) is 6.54 Å². The molecule has 166 valence electrons. The van der Waals surface area contributed by atoms with Gasteiger partial charge in [-0.05, 0) is 55.4 Å². The zero-order valence-corrected chi connectivity index (χ0v) is 19.2. The topological polar surface area (TPSA) is 101 Å². The number of nitrogens with zero attached hydrogens (tertiary/aromatic N) is 1. The van der Waals surface area contributed by atoms with E-state index in [4.69, 9.17) is 10.7 Å². The van der Waals surface area contributed by atoms with Crippen molar-refractivity contribution < 1.29 is 4.79 Å². The Labute approximate surface area is 190 Å². The Hall–Kier alpha value is -3.59. The molecule has 4 N–H and O–H groups in total. The minimum Gasteiger partial charge on any atom is -0.378 e. The van der Waals surface area contributed by atoms with Crippen LogP contribution < -0.4 is 16.0 Å². The van der Waals surface area contributed by atoms with Crippen molar-refractivity contribution in [3.8, 4) is 6.07 Å². The lowest BCUT2D eigenvalue weighted by molar-refractivity contribution is -0.115. The summed E-state index contributed by atoms with van der Waals surface area (Å²) in [6, 6.07) is 8.64. The number of benzene rings is 1. The quantitative estimate of drug-likeness (QED) is 0.172. The summed E-state index contributed by atoms with van der Waals surface area (Å²) >= 11 is 0. The molecule has 2 unspecified atom stereocenters. The zero-order valence-electron chi connectivity index (χ0n) is 19.2. The van der Waals surface area contributed by atoms with E-state index in [2.05, 4.69) is 67.1 Å². The fraction of sp³-hybridized carbons (Fsp3) is 0.346. The number of rotatable bonds is 7. The van der Waals surface area contributed by atoms with Gasteiger partial charge < -0.3 is 16.0 Å². The first-order valence-electron chi connectivity index (χ1n) is 11.1. The van der Waals surface area contributed by atoms with E-state index in [1.165, 1.54) is 22.8 Å². The number of aryl methyl sites for hydroxylation is 2. The summed E-state index contributed by atoms with van der Waals surface area (Å²) in [6.45, 7) is 8.48. The van der Waals surface area contributed by atoms with Gasteiger partial charge in [-0.1, -0.05) is 44.2 Å². The third-order valence-electron chi connectivity index (χ3n) is 6.05. The van der Waals surface area contributed by atoms with Crippen LogP contribution in [-0.2, 0) is 11.2 Å². The van der Waals surface area contributed by atoms with Crippen LogP contribution in [0.3, 0.4) is 0 Å². The van der Waals surface area contributed by atoms with Crippen LogP contribution in [0.15, 0.2) is 65.2 Å². The summed E-state index contributed by atoms with van der Waals surface area (Å²) in [4.78, 5) is 12.8. The van der Waals surface area contributed by atoms with Crippen LogP contribution in [0.1, 0.15) is 49.8 Å².